The molecule has 2 aromatic carbocycles. The number of amides is 1. The summed E-state index contributed by atoms with van der Waals surface area (Å²) in [6, 6.07) is 15.2. The summed E-state index contributed by atoms with van der Waals surface area (Å²) in [7, 11) is 0. The van der Waals surface area contributed by atoms with Gasteiger partial charge >= 0.3 is 0 Å². The minimum absolute atomic E-state index is 0.150. The largest absolute Gasteiger partial charge is 0.481 e. The summed E-state index contributed by atoms with van der Waals surface area (Å²) < 4.78 is 5.62. The molecular weight excluding hydrogens is 336 g/mol. The molecule has 2 rings (SSSR count). The lowest BCUT2D eigenvalue weighted by atomic mass is 10.2. The van der Waals surface area contributed by atoms with E-state index in [1.807, 2.05) is 12.1 Å². The van der Waals surface area contributed by atoms with Gasteiger partial charge in [0.2, 0.25) is 0 Å². The molecule has 0 aliphatic rings. The third kappa shape index (κ3) is 5.68. The van der Waals surface area contributed by atoms with E-state index in [1.165, 1.54) is 5.69 Å². The monoisotopic (exact) mass is 360 g/mol. The first-order valence-electron chi connectivity index (χ1n) is 8.57. The third-order valence-electron chi connectivity index (χ3n) is 4.03. The zero-order valence-corrected chi connectivity index (χ0v) is 15.7. The molecule has 0 saturated heterocycles. The Hall–Kier alpha value is -2.20. The molecule has 0 bridgehead atoms. The van der Waals surface area contributed by atoms with Crippen molar-refractivity contribution in [1.29, 1.82) is 0 Å². The zero-order chi connectivity index (χ0) is 18.2. The van der Waals surface area contributed by atoms with Crippen molar-refractivity contribution in [1.82, 2.24) is 5.32 Å². The fraction of sp³-hybridized carbons (Fsp3) is 0.350. The number of nitrogens with zero attached hydrogens (tertiary/aromatic N) is 1. The number of benzene rings is 2. The highest BCUT2D eigenvalue weighted by molar-refractivity contribution is 6.30. The molecule has 0 fully saturated rings. The first-order chi connectivity index (χ1) is 12.0. The molecule has 1 amide bonds. The molecule has 0 spiro atoms. The van der Waals surface area contributed by atoms with Crippen molar-refractivity contribution in [2.24, 2.45) is 0 Å². The minimum Gasteiger partial charge on any atom is -0.481 e. The van der Waals surface area contributed by atoms with E-state index in [0.717, 1.165) is 18.7 Å². The highest BCUT2D eigenvalue weighted by Crippen LogP contribution is 2.17. The topological polar surface area (TPSA) is 41.6 Å². The Kier molecular flexibility index (Phi) is 7.14. The van der Waals surface area contributed by atoms with Crippen LogP contribution in [-0.2, 0) is 11.3 Å². The maximum Gasteiger partial charge on any atom is 0.261 e. The molecule has 0 heterocycles. The van der Waals surface area contributed by atoms with Gasteiger partial charge in [-0.15, -0.1) is 0 Å². The van der Waals surface area contributed by atoms with Gasteiger partial charge in [-0.1, -0.05) is 23.7 Å². The van der Waals surface area contributed by atoms with Gasteiger partial charge in [0, 0.05) is 30.3 Å². The molecule has 1 unspecified atom stereocenters. The molecule has 0 aliphatic heterocycles. The van der Waals surface area contributed by atoms with Crippen LogP contribution in [0, 0.1) is 0 Å². The Labute approximate surface area is 154 Å². The number of ether oxygens (including phenoxy) is 1. The number of anilines is 1. The summed E-state index contributed by atoms with van der Waals surface area (Å²) in [6.07, 6.45) is -0.573. The van der Waals surface area contributed by atoms with E-state index in [4.69, 9.17) is 16.3 Å². The number of rotatable bonds is 8. The van der Waals surface area contributed by atoms with Crippen LogP contribution in [0.5, 0.6) is 5.75 Å². The Morgan fingerprint density at radius 1 is 1.08 bits per heavy atom. The standard InChI is InChI=1S/C20H25ClN2O2/c1-4-23(5-2)18-10-6-16(7-11-18)14-22-20(24)15(3)25-19-12-8-17(21)9-13-19/h6-13,15H,4-5,14H2,1-3H3,(H,22,24). The number of nitrogens with one attached hydrogen (secondary N) is 1. The fourth-order valence-corrected chi connectivity index (χ4v) is 2.64. The van der Waals surface area contributed by atoms with Crippen molar-refractivity contribution < 1.29 is 9.53 Å². The van der Waals surface area contributed by atoms with E-state index in [2.05, 4.69) is 36.2 Å². The quantitative estimate of drug-likeness (QED) is 0.764. The van der Waals surface area contributed by atoms with Crippen LogP contribution in [0.15, 0.2) is 48.5 Å². The van der Waals surface area contributed by atoms with Gasteiger partial charge in [0.05, 0.1) is 0 Å². The molecule has 0 aliphatic carbocycles. The van der Waals surface area contributed by atoms with Crippen LogP contribution in [0.1, 0.15) is 26.3 Å². The summed E-state index contributed by atoms with van der Waals surface area (Å²) >= 11 is 5.84. The maximum absolute atomic E-state index is 12.2. The Morgan fingerprint density at radius 2 is 1.68 bits per heavy atom. The van der Waals surface area contributed by atoms with Gasteiger partial charge in [0.15, 0.2) is 6.10 Å². The first kappa shape index (κ1) is 19.1. The summed E-state index contributed by atoms with van der Waals surface area (Å²) in [5, 5.41) is 3.54. The molecule has 0 saturated carbocycles. The summed E-state index contributed by atoms with van der Waals surface area (Å²) in [5.41, 5.74) is 2.25. The van der Waals surface area contributed by atoms with E-state index in [-0.39, 0.29) is 5.91 Å². The van der Waals surface area contributed by atoms with Crippen LogP contribution in [0.2, 0.25) is 5.02 Å². The Morgan fingerprint density at radius 3 is 2.24 bits per heavy atom. The predicted octanol–water partition coefficient (Wildman–Crippen LogP) is 4.27. The van der Waals surface area contributed by atoms with Gasteiger partial charge in [-0.3, -0.25) is 4.79 Å². The van der Waals surface area contributed by atoms with Crippen LogP contribution in [-0.4, -0.2) is 25.1 Å². The lowest BCUT2D eigenvalue weighted by Crippen LogP contribution is -2.35. The van der Waals surface area contributed by atoms with Crippen LogP contribution in [0.3, 0.4) is 0 Å². The Balaban J connectivity index is 1.85. The average Bonchev–Trinajstić information content (AvgIpc) is 2.63. The molecule has 25 heavy (non-hydrogen) atoms. The normalized spacial score (nSPS) is 11.7. The molecule has 134 valence electrons. The van der Waals surface area contributed by atoms with Gasteiger partial charge < -0.3 is 15.0 Å². The van der Waals surface area contributed by atoms with Gasteiger partial charge in [0.1, 0.15) is 5.75 Å². The van der Waals surface area contributed by atoms with Crippen LogP contribution in [0.4, 0.5) is 5.69 Å². The van der Waals surface area contributed by atoms with E-state index in [1.54, 1.807) is 31.2 Å². The second kappa shape index (κ2) is 9.33. The average molecular weight is 361 g/mol. The number of hydrogen-bond donors (Lipinski definition) is 1. The van der Waals surface area contributed by atoms with Crippen LogP contribution < -0.4 is 15.0 Å². The smallest absolute Gasteiger partial charge is 0.261 e. The van der Waals surface area contributed by atoms with E-state index in [9.17, 15) is 4.79 Å². The lowest BCUT2D eigenvalue weighted by Gasteiger charge is -2.21. The van der Waals surface area contributed by atoms with E-state index in [0.29, 0.717) is 17.3 Å². The number of carbonyl (C=O) groups is 1. The molecule has 1 atom stereocenters. The molecular formula is C20H25ClN2O2. The van der Waals surface area contributed by atoms with Gasteiger partial charge in [-0.25, -0.2) is 0 Å². The molecule has 0 aromatic heterocycles. The van der Waals surface area contributed by atoms with Crippen molar-refractivity contribution in [3.8, 4) is 5.75 Å². The first-order valence-corrected chi connectivity index (χ1v) is 8.95. The second-order valence-electron chi connectivity index (χ2n) is 5.77. The van der Waals surface area contributed by atoms with Crippen molar-refractivity contribution >= 4 is 23.2 Å². The van der Waals surface area contributed by atoms with Crippen molar-refractivity contribution in [3.05, 3.63) is 59.1 Å². The summed E-state index contributed by atoms with van der Waals surface area (Å²) in [5.74, 6) is 0.471. The number of carbonyl (C=O) groups excluding carboxylic acids is 1. The zero-order valence-electron chi connectivity index (χ0n) is 15.0. The van der Waals surface area contributed by atoms with Gasteiger partial charge in [-0.05, 0) is 62.7 Å². The molecule has 1 N–H and O–H groups in total. The van der Waals surface area contributed by atoms with Crippen molar-refractivity contribution in [2.45, 2.75) is 33.4 Å². The van der Waals surface area contributed by atoms with Gasteiger partial charge in [0.25, 0.3) is 5.91 Å². The lowest BCUT2D eigenvalue weighted by molar-refractivity contribution is -0.127. The fourth-order valence-electron chi connectivity index (χ4n) is 2.52. The van der Waals surface area contributed by atoms with E-state index < -0.39 is 6.10 Å². The van der Waals surface area contributed by atoms with Gasteiger partial charge in [-0.2, -0.15) is 0 Å². The maximum atomic E-state index is 12.2. The third-order valence-corrected chi connectivity index (χ3v) is 4.28. The van der Waals surface area contributed by atoms with E-state index >= 15 is 0 Å². The highest BCUT2D eigenvalue weighted by atomic mass is 35.5. The van der Waals surface area contributed by atoms with Crippen LogP contribution >= 0.6 is 11.6 Å². The molecule has 2 aromatic rings. The summed E-state index contributed by atoms with van der Waals surface area (Å²) in [6.45, 7) is 8.44. The SMILES string of the molecule is CCN(CC)c1ccc(CNC(=O)C(C)Oc2ccc(Cl)cc2)cc1. The Bertz CT molecular complexity index is 667. The van der Waals surface area contributed by atoms with Crippen molar-refractivity contribution in [2.75, 3.05) is 18.0 Å². The minimum atomic E-state index is -0.573. The van der Waals surface area contributed by atoms with Crippen molar-refractivity contribution in [3.63, 3.8) is 0 Å². The number of halogens is 1. The molecule has 5 heteroatoms. The molecule has 0 radical (unpaired) electrons. The predicted molar refractivity (Wildman–Crippen MR) is 103 cm³/mol. The summed E-state index contributed by atoms with van der Waals surface area (Å²) in [4.78, 5) is 14.5. The highest BCUT2D eigenvalue weighted by Gasteiger charge is 2.14. The van der Waals surface area contributed by atoms with Crippen LogP contribution in [0.25, 0.3) is 0 Å². The second-order valence-corrected chi connectivity index (χ2v) is 6.21. The number of hydrogen-bond acceptors (Lipinski definition) is 3. The molecule has 4 nitrogen and oxygen atoms in total.